The van der Waals surface area contributed by atoms with Crippen LogP contribution in [0.1, 0.15) is 24.2 Å². The van der Waals surface area contributed by atoms with E-state index in [0.29, 0.717) is 30.2 Å². The Balaban J connectivity index is 1.71. The van der Waals surface area contributed by atoms with Crippen LogP contribution in [0.5, 0.6) is 17.2 Å². The summed E-state index contributed by atoms with van der Waals surface area (Å²) < 4.78 is 17.0. The minimum atomic E-state index is -0.0895. The first-order chi connectivity index (χ1) is 13.6. The highest BCUT2D eigenvalue weighted by molar-refractivity contribution is 5.94. The van der Waals surface area contributed by atoms with Crippen molar-refractivity contribution >= 4 is 11.6 Å². The number of amides is 1. The number of methoxy groups -OCH3 is 1. The molecule has 1 aliphatic heterocycles. The second-order valence-corrected chi connectivity index (χ2v) is 6.73. The molecule has 0 aromatic heterocycles. The number of ether oxygens (including phenoxy) is 3. The summed E-state index contributed by atoms with van der Waals surface area (Å²) in [6.07, 6.45) is -0.0895. The zero-order valence-corrected chi connectivity index (χ0v) is 17.0. The van der Waals surface area contributed by atoms with Crippen molar-refractivity contribution in [1.82, 2.24) is 4.90 Å². The van der Waals surface area contributed by atoms with Gasteiger partial charge >= 0.3 is 0 Å². The molecule has 2 aromatic rings. The second-order valence-electron chi connectivity index (χ2n) is 6.73. The van der Waals surface area contributed by atoms with E-state index in [0.717, 1.165) is 24.5 Å². The van der Waals surface area contributed by atoms with Crippen molar-refractivity contribution in [3.63, 3.8) is 0 Å². The van der Waals surface area contributed by atoms with E-state index in [1.165, 1.54) is 0 Å². The normalized spacial score (nSPS) is 15.4. The van der Waals surface area contributed by atoms with Gasteiger partial charge in [-0.25, -0.2) is 0 Å². The van der Waals surface area contributed by atoms with Crippen LogP contribution in [-0.2, 0) is 0 Å². The highest BCUT2D eigenvalue weighted by Crippen LogP contribution is 2.33. The molecule has 1 aliphatic rings. The van der Waals surface area contributed by atoms with E-state index in [-0.39, 0.29) is 12.0 Å². The maximum atomic E-state index is 12.9. The molecule has 6 nitrogen and oxygen atoms in total. The van der Waals surface area contributed by atoms with Gasteiger partial charge < -0.3 is 24.0 Å². The predicted molar refractivity (Wildman–Crippen MR) is 110 cm³/mol. The highest BCUT2D eigenvalue weighted by atomic mass is 16.5. The van der Waals surface area contributed by atoms with E-state index in [9.17, 15) is 4.79 Å². The lowest BCUT2D eigenvalue weighted by Crippen LogP contribution is -2.46. The number of benzene rings is 2. The predicted octanol–water partition coefficient (Wildman–Crippen LogP) is 3.45. The highest BCUT2D eigenvalue weighted by Gasteiger charge is 2.27. The monoisotopic (exact) mass is 384 g/mol. The summed E-state index contributed by atoms with van der Waals surface area (Å²) >= 11 is 0. The molecule has 1 amide bonds. The van der Waals surface area contributed by atoms with Crippen LogP contribution in [0.15, 0.2) is 42.5 Å². The molecule has 3 rings (SSSR count). The van der Waals surface area contributed by atoms with Crippen molar-refractivity contribution in [1.29, 1.82) is 0 Å². The molecule has 0 saturated carbocycles. The van der Waals surface area contributed by atoms with E-state index in [1.807, 2.05) is 25.1 Å². The Morgan fingerprint density at radius 1 is 1.21 bits per heavy atom. The van der Waals surface area contributed by atoms with Gasteiger partial charge in [0.1, 0.15) is 11.9 Å². The van der Waals surface area contributed by atoms with Crippen molar-refractivity contribution in [2.45, 2.75) is 20.0 Å². The van der Waals surface area contributed by atoms with E-state index in [4.69, 9.17) is 14.2 Å². The first-order valence-corrected chi connectivity index (χ1v) is 9.64. The number of carbonyl (C=O) groups excluding carboxylic acids is 1. The van der Waals surface area contributed by atoms with Gasteiger partial charge in [0.05, 0.1) is 32.5 Å². The number of carbonyl (C=O) groups is 1. The molecule has 1 heterocycles. The summed E-state index contributed by atoms with van der Waals surface area (Å²) in [5, 5.41) is 0. The maximum absolute atomic E-state index is 12.9. The number of para-hydroxylation sites is 2. The van der Waals surface area contributed by atoms with Crippen LogP contribution < -0.4 is 19.1 Å². The zero-order valence-electron chi connectivity index (χ0n) is 17.0. The Morgan fingerprint density at radius 3 is 2.71 bits per heavy atom. The largest absolute Gasteiger partial charge is 0.493 e. The van der Waals surface area contributed by atoms with Crippen molar-refractivity contribution < 1.29 is 19.0 Å². The van der Waals surface area contributed by atoms with Crippen molar-refractivity contribution in [2.75, 3.05) is 45.3 Å². The minimum Gasteiger partial charge on any atom is -0.493 e. The summed E-state index contributed by atoms with van der Waals surface area (Å²) in [4.78, 5) is 16.9. The third-order valence-corrected chi connectivity index (χ3v) is 4.84. The van der Waals surface area contributed by atoms with Gasteiger partial charge in [0.2, 0.25) is 0 Å². The zero-order chi connectivity index (χ0) is 20.1. The van der Waals surface area contributed by atoms with Gasteiger partial charge in [0.15, 0.2) is 11.5 Å². The lowest BCUT2D eigenvalue weighted by atomic mass is 10.1. The van der Waals surface area contributed by atoms with Crippen LogP contribution in [0.2, 0.25) is 0 Å². The quantitative estimate of drug-likeness (QED) is 0.732. The van der Waals surface area contributed by atoms with Crippen molar-refractivity contribution in [3.05, 3.63) is 48.0 Å². The van der Waals surface area contributed by atoms with Crippen LogP contribution in [0, 0.1) is 0 Å². The maximum Gasteiger partial charge on any atom is 0.253 e. The number of rotatable bonds is 7. The minimum absolute atomic E-state index is 0.0770. The van der Waals surface area contributed by atoms with Gasteiger partial charge in [0.25, 0.3) is 5.91 Å². The molecule has 0 bridgehead atoms. The Hall–Kier alpha value is -2.89. The Bertz CT molecular complexity index is 824. The van der Waals surface area contributed by atoms with Crippen LogP contribution in [0.3, 0.4) is 0 Å². The molecular formula is C22H28N2O4. The van der Waals surface area contributed by atoms with Gasteiger partial charge in [-0.05, 0) is 44.2 Å². The third-order valence-electron chi connectivity index (χ3n) is 4.84. The van der Waals surface area contributed by atoms with Gasteiger partial charge in [-0.1, -0.05) is 12.1 Å². The molecule has 0 saturated heterocycles. The summed E-state index contributed by atoms with van der Waals surface area (Å²) in [7, 11) is 3.37. The average Bonchev–Trinajstić information content (AvgIpc) is 2.73. The summed E-state index contributed by atoms with van der Waals surface area (Å²) in [6, 6.07) is 13.3. The van der Waals surface area contributed by atoms with Crippen molar-refractivity contribution in [2.24, 2.45) is 0 Å². The van der Waals surface area contributed by atoms with Gasteiger partial charge in [0, 0.05) is 19.2 Å². The molecule has 1 atom stereocenters. The molecule has 0 N–H and O–H groups in total. The lowest BCUT2D eigenvalue weighted by molar-refractivity contribution is 0.0709. The number of nitrogens with zero attached hydrogens (tertiary/aromatic N) is 2. The summed E-state index contributed by atoms with van der Waals surface area (Å²) in [5.41, 5.74) is 1.66. The molecule has 28 heavy (non-hydrogen) atoms. The summed E-state index contributed by atoms with van der Waals surface area (Å²) in [5.74, 6) is 1.98. The molecule has 0 aliphatic carbocycles. The van der Waals surface area contributed by atoms with E-state index < -0.39 is 0 Å². The number of hydrogen-bond acceptors (Lipinski definition) is 5. The lowest BCUT2D eigenvalue weighted by Gasteiger charge is -2.37. The molecule has 6 heteroatoms. The molecule has 0 unspecified atom stereocenters. The van der Waals surface area contributed by atoms with Crippen molar-refractivity contribution in [3.8, 4) is 17.2 Å². The van der Waals surface area contributed by atoms with Gasteiger partial charge in [-0.3, -0.25) is 4.79 Å². The fourth-order valence-corrected chi connectivity index (χ4v) is 3.46. The fourth-order valence-electron chi connectivity index (χ4n) is 3.46. The third kappa shape index (κ3) is 4.16. The van der Waals surface area contributed by atoms with Crippen LogP contribution in [0.4, 0.5) is 5.69 Å². The molecule has 0 fully saturated rings. The Kier molecular flexibility index (Phi) is 6.29. The number of hydrogen-bond donors (Lipinski definition) is 0. The standard InChI is InChI=1S/C22H28N2O4/c1-5-24-15-17(28-19-10-8-7-9-18(19)24)14-23(3)22(25)16-11-12-20(27-6-2)21(13-16)26-4/h7-13,17H,5-6,14-15H2,1-4H3/t17-/m1/s1. The first-order valence-electron chi connectivity index (χ1n) is 9.64. The van der Waals surface area contributed by atoms with E-state index in [2.05, 4.69) is 17.9 Å². The Labute approximate surface area is 166 Å². The number of likely N-dealkylation sites (N-methyl/N-ethyl adjacent to an activating group) is 2. The molecule has 0 spiro atoms. The SMILES string of the molecule is CCOc1ccc(C(=O)N(C)C[C@@H]2CN(CC)c3ccccc3O2)cc1OC. The fraction of sp³-hybridized carbons (Fsp3) is 0.409. The van der Waals surface area contributed by atoms with E-state index in [1.54, 1.807) is 37.3 Å². The Morgan fingerprint density at radius 2 is 2.00 bits per heavy atom. The molecule has 150 valence electrons. The molecular weight excluding hydrogens is 356 g/mol. The van der Waals surface area contributed by atoms with Crippen LogP contribution in [-0.4, -0.2) is 57.3 Å². The molecule has 0 radical (unpaired) electrons. The summed E-state index contributed by atoms with van der Waals surface area (Å²) in [6.45, 7) is 6.72. The van der Waals surface area contributed by atoms with Gasteiger partial charge in [-0.2, -0.15) is 0 Å². The number of anilines is 1. The van der Waals surface area contributed by atoms with Crippen LogP contribution >= 0.6 is 0 Å². The van der Waals surface area contributed by atoms with Gasteiger partial charge in [-0.15, -0.1) is 0 Å². The van der Waals surface area contributed by atoms with E-state index >= 15 is 0 Å². The molecule has 2 aromatic carbocycles. The first kappa shape index (κ1) is 19.9. The van der Waals surface area contributed by atoms with Crippen LogP contribution in [0.25, 0.3) is 0 Å². The smallest absolute Gasteiger partial charge is 0.253 e. The average molecular weight is 384 g/mol. The number of fused-ring (bicyclic) bond motifs is 1. The second kappa shape index (κ2) is 8.87. The topological polar surface area (TPSA) is 51.2 Å².